The number of anilines is 1. The van der Waals surface area contributed by atoms with Crippen molar-refractivity contribution in [2.24, 2.45) is 4.99 Å². The van der Waals surface area contributed by atoms with Gasteiger partial charge >= 0.3 is 5.97 Å². The van der Waals surface area contributed by atoms with Crippen LogP contribution in [0.3, 0.4) is 0 Å². The Bertz CT molecular complexity index is 872. The van der Waals surface area contributed by atoms with Crippen molar-refractivity contribution in [1.82, 2.24) is 4.90 Å². The third-order valence-electron chi connectivity index (χ3n) is 4.39. The molecule has 2 amide bonds. The van der Waals surface area contributed by atoms with Crippen molar-refractivity contribution >= 4 is 29.3 Å². The van der Waals surface area contributed by atoms with Crippen molar-refractivity contribution < 1.29 is 19.1 Å². The van der Waals surface area contributed by atoms with Gasteiger partial charge in [-0.05, 0) is 43.7 Å². The number of nitrogens with zero attached hydrogens (tertiary/aromatic N) is 2. The number of fused-ring (bicyclic) bond motifs is 1. The number of hydrogen-bond donors (Lipinski definition) is 1. The van der Waals surface area contributed by atoms with Crippen LogP contribution in [0.4, 0.5) is 5.69 Å². The monoisotopic (exact) mass is 367 g/mol. The average Bonchev–Trinajstić information content (AvgIpc) is 2.66. The lowest BCUT2D eigenvalue weighted by Gasteiger charge is -2.41. The molecule has 1 aromatic rings. The maximum Gasteiger partial charge on any atom is 0.338 e. The predicted molar refractivity (Wildman–Crippen MR) is 101 cm³/mol. The summed E-state index contributed by atoms with van der Waals surface area (Å²) >= 11 is 0. The largest absolute Gasteiger partial charge is 0.462 e. The summed E-state index contributed by atoms with van der Waals surface area (Å²) in [6.45, 7) is 3.95. The minimum Gasteiger partial charge on any atom is -0.462 e. The van der Waals surface area contributed by atoms with Gasteiger partial charge in [0.1, 0.15) is 11.4 Å². The third kappa shape index (κ3) is 3.81. The number of benzene rings is 1. The number of aliphatic imine (C=N–C) groups is 1. The van der Waals surface area contributed by atoms with Gasteiger partial charge in [0.2, 0.25) is 0 Å². The molecule has 0 aliphatic carbocycles. The van der Waals surface area contributed by atoms with E-state index in [0.29, 0.717) is 23.7 Å². The number of carbonyl (C=O) groups excluding carboxylic acids is 3. The minimum absolute atomic E-state index is 0.0429. The fraction of sp³-hybridized carbons (Fsp3) is 0.300. The van der Waals surface area contributed by atoms with Crippen molar-refractivity contribution in [3.8, 4) is 0 Å². The Morgan fingerprint density at radius 3 is 2.93 bits per heavy atom. The van der Waals surface area contributed by atoms with Gasteiger partial charge in [0.25, 0.3) is 11.8 Å². The molecule has 0 saturated carbocycles. The van der Waals surface area contributed by atoms with Gasteiger partial charge in [0, 0.05) is 11.9 Å². The Morgan fingerprint density at radius 2 is 2.15 bits per heavy atom. The van der Waals surface area contributed by atoms with E-state index in [-0.39, 0.29) is 18.2 Å². The van der Waals surface area contributed by atoms with E-state index in [9.17, 15) is 14.4 Å². The highest BCUT2D eigenvalue weighted by molar-refractivity contribution is 6.12. The first-order chi connectivity index (χ1) is 12.9. The van der Waals surface area contributed by atoms with Crippen molar-refractivity contribution in [2.75, 3.05) is 11.9 Å². The molecular weight excluding hydrogens is 346 g/mol. The highest BCUT2D eigenvalue weighted by atomic mass is 16.5. The molecule has 0 fully saturated rings. The highest BCUT2D eigenvalue weighted by Gasteiger charge is 2.45. The number of amidine groups is 1. The van der Waals surface area contributed by atoms with E-state index in [0.717, 1.165) is 6.42 Å². The predicted octanol–water partition coefficient (Wildman–Crippen LogP) is 2.66. The van der Waals surface area contributed by atoms with E-state index in [1.807, 2.05) is 6.92 Å². The van der Waals surface area contributed by atoms with Gasteiger partial charge in [-0.25, -0.2) is 4.79 Å². The van der Waals surface area contributed by atoms with Crippen LogP contribution in [0.1, 0.15) is 37.0 Å². The summed E-state index contributed by atoms with van der Waals surface area (Å²) in [7, 11) is 0. The lowest BCUT2D eigenvalue weighted by molar-refractivity contribution is -0.130. The lowest BCUT2D eigenvalue weighted by Crippen LogP contribution is -2.58. The Morgan fingerprint density at radius 1 is 1.33 bits per heavy atom. The Labute approximate surface area is 157 Å². The zero-order valence-corrected chi connectivity index (χ0v) is 15.3. The summed E-state index contributed by atoms with van der Waals surface area (Å²) in [6, 6.07) is 6.54. The molecule has 3 rings (SSSR count). The van der Waals surface area contributed by atoms with Crippen LogP contribution in [0.15, 0.2) is 53.7 Å². The van der Waals surface area contributed by atoms with E-state index in [1.54, 1.807) is 60.5 Å². The van der Waals surface area contributed by atoms with Crippen LogP contribution in [0, 0.1) is 0 Å². The average molecular weight is 367 g/mol. The van der Waals surface area contributed by atoms with Gasteiger partial charge in [0.15, 0.2) is 0 Å². The van der Waals surface area contributed by atoms with Crippen LogP contribution in [0.25, 0.3) is 0 Å². The van der Waals surface area contributed by atoms with E-state index in [1.165, 1.54) is 0 Å². The van der Waals surface area contributed by atoms with Gasteiger partial charge in [-0.3, -0.25) is 9.59 Å². The first-order valence-electron chi connectivity index (χ1n) is 8.78. The fourth-order valence-electron chi connectivity index (χ4n) is 2.95. The molecule has 0 bridgehead atoms. The first kappa shape index (κ1) is 18.6. The van der Waals surface area contributed by atoms with Crippen molar-refractivity contribution in [2.45, 2.75) is 32.2 Å². The molecule has 0 aromatic heterocycles. The fourth-order valence-corrected chi connectivity index (χ4v) is 2.95. The SMILES string of the molecule is CCCOC(=O)c1cccc(NC(=O)C2(C)CC(=O)N=C3C=CC=CN32)c1. The van der Waals surface area contributed by atoms with Gasteiger partial charge in [0.05, 0.1) is 18.6 Å². The maximum absolute atomic E-state index is 13.0. The van der Waals surface area contributed by atoms with Crippen LogP contribution in [0.5, 0.6) is 0 Å². The van der Waals surface area contributed by atoms with Crippen molar-refractivity contribution in [3.63, 3.8) is 0 Å². The number of esters is 1. The van der Waals surface area contributed by atoms with Gasteiger partial charge < -0.3 is 15.0 Å². The molecule has 1 aromatic carbocycles. The summed E-state index contributed by atoms with van der Waals surface area (Å²) < 4.78 is 5.12. The maximum atomic E-state index is 13.0. The third-order valence-corrected chi connectivity index (χ3v) is 4.39. The molecule has 1 unspecified atom stereocenters. The van der Waals surface area contributed by atoms with E-state index < -0.39 is 11.5 Å². The lowest BCUT2D eigenvalue weighted by atomic mass is 9.91. The van der Waals surface area contributed by atoms with Crippen molar-refractivity contribution in [3.05, 3.63) is 54.3 Å². The Hall–Kier alpha value is -3.22. The number of nitrogens with one attached hydrogen (secondary N) is 1. The number of amides is 2. The summed E-state index contributed by atoms with van der Waals surface area (Å²) in [4.78, 5) is 42.7. The smallest absolute Gasteiger partial charge is 0.338 e. The molecule has 1 N–H and O–H groups in total. The molecule has 0 saturated heterocycles. The molecule has 1 atom stereocenters. The van der Waals surface area contributed by atoms with E-state index >= 15 is 0 Å². The van der Waals surface area contributed by atoms with Crippen LogP contribution < -0.4 is 5.32 Å². The first-order valence-corrected chi connectivity index (χ1v) is 8.78. The molecule has 27 heavy (non-hydrogen) atoms. The highest BCUT2D eigenvalue weighted by Crippen LogP contribution is 2.29. The minimum atomic E-state index is -1.12. The number of carbonyl (C=O) groups is 3. The van der Waals surface area contributed by atoms with Crippen LogP contribution >= 0.6 is 0 Å². The van der Waals surface area contributed by atoms with Crippen LogP contribution in [0.2, 0.25) is 0 Å². The molecule has 0 radical (unpaired) electrons. The molecule has 2 heterocycles. The standard InChI is InChI=1S/C20H21N3O4/c1-3-11-27-18(25)14-7-6-8-15(12-14)21-19(26)20(2)13-17(24)22-16-9-4-5-10-23(16)20/h4-10,12H,3,11,13H2,1-2H3,(H,21,26). The van der Waals surface area contributed by atoms with Crippen LogP contribution in [-0.4, -0.2) is 40.7 Å². The zero-order valence-electron chi connectivity index (χ0n) is 15.3. The van der Waals surface area contributed by atoms with Gasteiger partial charge in [-0.2, -0.15) is 4.99 Å². The molecule has 0 spiro atoms. The zero-order chi connectivity index (χ0) is 19.4. The van der Waals surface area contributed by atoms with Gasteiger partial charge in [-0.1, -0.05) is 19.1 Å². The second-order valence-corrected chi connectivity index (χ2v) is 6.56. The number of hydrogen-bond acceptors (Lipinski definition) is 5. The molecular formula is C20H21N3O4. The summed E-state index contributed by atoms with van der Waals surface area (Å²) in [5.41, 5.74) is -0.303. The van der Waals surface area contributed by atoms with Crippen molar-refractivity contribution in [1.29, 1.82) is 0 Å². The Kier molecular flexibility index (Phi) is 5.21. The molecule has 7 nitrogen and oxygen atoms in total. The summed E-state index contributed by atoms with van der Waals surface area (Å²) in [6.07, 6.45) is 7.65. The van der Waals surface area contributed by atoms with E-state index in [4.69, 9.17) is 4.74 Å². The second-order valence-electron chi connectivity index (χ2n) is 6.56. The van der Waals surface area contributed by atoms with Gasteiger partial charge in [-0.15, -0.1) is 0 Å². The van der Waals surface area contributed by atoms with E-state index in [2.05, 4.69) is 10.3 Å². The number of rotatable bonds is 5. The molecule has 140 valence electrons. The molecule has 2 aliphatic heterocycles. The van der Waals surface area contributed by atoms with Crippen LogP contribution in [-0.2, 0) is 14.3 Å². The number of allylic oxidation sites excluding steroid dienone is 2. The summed E-state index contributed by atoms with van der Waals surface area (Å²) in [5, 5.41) is 2.80. The molecule has 2 aliphatic rings. The quantitative estimate of drug-likeness (QED) is 0.809. The molecule has 7 heteroatoms. The second kappa shape index (κ2) is 7.57. The summed E-state index contributed by atoms with van der Waals surface area (Å²) in [5.74, 6) is -0.716. The number of ether oxygens (including phenoxy) is 1. The normalized spacial score (nSPS) is 20.7. The topological polar surface area (TPSA) is 88.1 Å². The Balaban J connectivity index is 1.80.